The molecule has 0 aliphatic carbocycles. The Morgan fingerprint density at radius 2 is 1.95 bits per heavy atom. The zero-order chi connectivity index (χ0) is 14.2. The number of carbonyl (C=O) groups excluding carboxylic acids is 2. The van der Waals surface area contributed by atoms with Crippen LogP contribution in [0.2, 0.25) is 0 Å². The van der Waals surface area contributed by atoms with Crippen molar-refractivity contribution in [3.05, 3.63) is 28.2 Å². The van der Waals surface area contributed by atoms with E-state index in [-0.39, 0.29) is 17.4 Å². The van der Waals surface area contributed by atoms with Gasteiger partial charge in [0.2, 0.25) is 11.8 Å². The molecule has 4 nitrogen and oxygen atoms in total. The van der Waals surface area contributed by atoms with Crippen molar-refractivity contribution in [3.8, 4) is 0 Å². The highest BCUT2D eigenvalue weighted by atomic mass is 79.9. The van der Waals surface area contributed by atoms with Crippen LogP contribution in [0.1, 0.15) is 13.3 Å². The van der Waals surface area contributed by atoms with Gasteiger partial charge in [-0.3, -0.25) is 14.5 Å². The van der Waals surface area contributed by atoms with Crippen LogP contribution in [-0.2, 0) is 9.59 Å². The van der Waals surface area contributed by atoms with E-state index in [4.69, 9.17) is 0 Å². The average Bonchev–Trinajstić information content (AvgIpc) is 2.32. The summed E-state index contributed by atoms with van der Waals surface area (Å²) in [4.78, 5) is 24.4. The number of nitrogens with zero attached hydrogens (tertiary/aromatic N) is 1. The number of benzene rings is 1. The van der Waals surface area contributed by atoms with Crippen molar-refractivity contribution in [3.63, 3.8) is 0 Å². The molecule has 1 unspecified atom stereocenters. The van der Waals surface area contributed by atoms with Crippen molar-refractivity contribution in [2.24, 2.45) is 0 Å². The van der Waals surface area contributed by atoms with Gasteiger partial charge in [-0.25, -0.2) is 8.78 Å². The molecular formula is C12H11BrF2N2O2. The maximum Gasteiger partial charge on any atom is 0.247 e. The maximum absolute atomic E-state index is 13.9. The van der Waals surface area contributed by atoms with Crippen molar-refractivity contribution in [2.75, 3.05) is 11.4 Å². The number of rotatable bonds is 2. The molecule has 102 valence electrons. The minimum absolute atomic E-state index is 0.230. The van der Waals surface area contributed by atoms with Gasteiger partial charge in [0, 0.05) is 4.47 Å². The van der Waals surface area contributed by atoms with Crippen molar-refractivity contribution >= 4 is 33.4 Å². The Hall–Kier alpha value is -1.50. The fourth-order valence-corrected chi connectivity index (χ4v) is 2.47. The van der Waals surface area contributed by atoms with Crippen LogP contribution >= 0.6 is 15.9 Å². The molecule has 0 aromatic heterocycles. The van der Waals surface area contributed by atoms with E-state index in [9.17, 15) is 18.4 Å². The van der Waals surface area contributed by atoms with Crippen LogP contribution in [0, 0.1) is 11.6 Å². The van der Waals surface area contributed by atoms with Gasteiger partial charge in [0.1, 0.15) is 11.7 Å². The lowest BCUT2D eigenvalue weighted by Crippen LogP contribution is -2.58. The number of anilines is 1. The second-order valence-corrected chi connectivity index (χ2v) is 5.04. The van der Waals surface area contributed by atoms with Gasteiger partial charge in [-0.15, -0.1) is 0 Å². The monoisotopic (exact) mass is 332 g/mol. The van der Waals surface area contributed by atoms with Gasteiger partial charge in [-0.2, -0.15) is 0 Å². The first kappa shape index (κ1) is 13.9. The Morgan fingerprint density at radius 1 is 1.37 bits per heavy atom. The van der Waals surface area contributed by atoms with E-state index in [0.29, 0.717) is 0 Å². The predicted molar refractivity (Wildman–Crippen MR) is 68.6 cm³/mol. The molecule has 0 bridgehead atoms. The molecule has 0 saturated carbocycles. The van der Waals surface area contributed by atoms with Crippen LogP contribution in [0.5, 0.6) is 0 Å². The smallest absolute Gasteiger partial charge is 0.247 e. The molecule has 2 rings (SSSR count). The quantitative estimate of drug-likeness (QED) is 0.900. The second-order valence-electron chi connectivity index (χ2n) is 4.12. The van der Waals surface area contributed by atoms with Gasteiger partial charge in [-0.1, -0.05) is 22.9 Å². The normalized spacial score (nSPS) is 19.6. The topological polar surface area (TPSA) is 49.4 Å². The van der Waals surface area contributed by atoms with Gasteiger partial charge in [0.25, 0.3) is 0 Å². The first-order chi connectivity index (χ1) is 8.95. The van der Waals surface area contributed by atoms with Crippen molar-refractivity contribution < 1.29 is 18.4 Å². The highest BCUT2D eigenvalue weighted by Gasteiger charge is 2.37. The van der Waals surface area contributed by atoms with Crippen molar-refractivity contribution in [1.29, 1.82) is 0 Å². The van der Waals surface area contributed by atoms with Crippen LogP contribution in [0.4, 0.5) is 14.5 Å². The van der Waals surface area contributed by atoms with E-state index in [0.717, 1.165) is 17.0 Å². The zero-order valence-electron chi connectivity index (χ0n) is 10.0. The summed E-state index contributed by atoms with van der Waals surface area (Å²) in [6.45, 7) is 1.41. The Morgan fingerprint density at radius 3 is 2.47 bits per heavy atom. The number of nitrogens with one attached hydrogen (secondary N) is 1. The summed E-state index contributed by atoms with van der Waals surface area (Å²) < 4.78 is 28.1. The molecule has 7 heteroatoms. The summed E-state index contributed by atoms with van der Waals surface area (Å²) in [5.74, 6) is -2.71. The highest BCUT2D eigenvalue weighted by molar-refractivity contribution is 9.10. The fraction of sp³-hybridized carbons (Fsp3) is 0.333. The molecule has 19 heavy (non-hydrogen) atoms. The predicted octanol–water partition coefficient (Wildman–Crippen LogP) is 1.97. The van der Waals surface area contributed by atoms with E-state index < -0.39 is 35.2 Å². The highest BCUT2D eigenvalue weighted by Crippen LogP contribution is 2.30. The molecule has 2 amide bonds. The number of hydrogen-bond acceptors (Lipinski definition) is 2. The number of amides is 2. The molecule has 0 radical (unpaired) electrons. The summed E-state index contributed by atoms with van der Waals surface area (Å²) in [5, 5.41) is 2.40. The zero-order valence-corrected chi connectivity index (χ0v) is 11.6. The second kappa shape index (κ2) is 5.24. The first-order valence-corrected chi connectivity index (χ1v) is 6.49. The largest absolute Gasteiger partial charge is 0.345 e. The van der Waals surface area contributed by atoms with Gasteiger partial charge < -0.3 is 5.32 Å². The van der Waals surface area contributed by atoms with Crippen LogP contribution < -0.4 is 10.2 Å². The maximum atomic E-state index is 13.9. The van der Waals surface area contributed by atoms with Gasteiger partial charge in [-0.05, 0) is 18.6 Å². The third kappa shape index (κ3) is 2.47. The van der Waals surface area contributed by atoms with Gasteiger partial charge in [0.05, 0.1) is 6.54 Å². The minimum Gasteiger partial charge on any atom is -0.345 e. The fourth-order valence-electron chi connectivity index (χ4n) is 2.07. The first-order valence-electron chi connectivity index (χ1n) is 5.70. The van der Waals surface area contributed by atoms with Crippen molar-refractivity contribution in [1.82, 2.24) is 5.32 Å². The van der Waals surface area contributed by atoms with Crippen LogP contribution in [0.15, 0.2) is 16.6 Å². The lowest BCUT2D eigenvalue weighted by Gasteiger charge is -2.34. The molecule has 1 saturated heterocycles. The Balaban J connectivity index is 2.54. The van der Waals surface area contributed by atoms with Crippen LogP contribution in [-0.4, -0.2) is 24.4 Å². The lowest BCUT2D eigenvalue weighted by atomic mass is 10.1. The molecule has 1 aliphatic rings. The average molecular weight is 333 g/mol. The van der Waals surface area contributed by atoms with E-state index in [2.05, 4.69) is 21.2 Å². The number of hydrogen-bond donors (Lipinski definition) is 1. The van der Waals surface area contributed by atoms with Crippen LogP contribution in [0.3, 0.4) is 0 Å². The minimum atomic E-state index is -0.897. The SMILES string of the molecule is CCC1C(=O)NCC(=O)N1c1c(F)cc(Br)cc1F. The standard InChI is InChI=1S/C12H11BrF2N2O2/c1-2-9-12(19)16-5-10(18)17(9)11-7(14)3-6(13)4-8(11)15/h3-4,9H,2,5H2,1H3,(H,16,19). The molecule has 1 aromatic carbocycles. The van der Waals surface area contributed by atoms with E-state index in [1.807, 2.05) is 0 Å². The summed E-state index contributed by atoms with van der Waals surface area (Å²) in [6.07, 6.45) is 0.270. The van der Waals surface area contributed by atoms with Crippen LogP contribution in [0.25, 0.3) is 0 Å². The number of halogens is 3. The Bertz CT molecular complexity index is 528. The third-order valence-corrected chi connectivity index (χ3v) is 3.36. The van der Waals surface area contributed by atoms with Crippen molar-refractivity contribution in [2.45, 2.75) is 19.4 Å². The molecule has 1 heterocycles. The third-order valence-electron chi connectivity index (χ3n) is 2.91. The molecule has 1 fully saturated rings. The van der Waals surface area contributed by atoms with Gasteiger partial charge in [0.15, 0.2) is 11.6 Å². The van der Waals surface area contributed by atoms with Gasteiger partial charge >= 0.3 is 0 Å². The Labute approximate surface area is 116 Å². The molecular weight excluding hydrogens is 322 g/mol. The number of piperazine rings is 1. The van der Waals surface area contributed by atoms with E-state index in [1.54, 1.807) is 6.92 Å². The van der Waals surface area contributed by atoms with E-state index in [1.165, 1.54) is 0 Å². The molecule has 0 spiro atoms. The van der Waals surface area contributed by atoms with E-state index >= 15 is 0 Å². The number of carbonyl (C=O) groups is 2. The summed E-state index contributed by atoms with van der Waals surface area (Å²) in [6, 6.07) is 1.22. The molecule has 1 aliphatic heterocycles. The molecule has 1 aromatic rings. The molecule has 1 atom stereocenters. The summed E-state index contributed by atoms with van der Waals surface area (Å²) >= 11 is 2.97. The lowest BCUT2D eigenvalue weighted by molar-refractivity contribution is -0.131. The molecule has 1 N–H and O–H groups in total. The summed E-state index contributed by atoms with van der Waals surface area (Å²) in [7, 11) is 0. The Kier molecular flexibility index (Phi) is 3.84. The summed E-state index contributed by atoms with van der Waals surface area (Å²) in [5.41, 5.74) is -0.477.